The summed E-state index contributed by atoms with van der Waals surface area (Å²) in [5.74, 6) is 0.852. The Kier molecular flexibility index (Phi) is 4.53. The van der Waals surface area contributed by atoms with Gasteiger partial charge < -0.3 is 5.32 Å². The average molecular weight is 300 g/mol. The molecule has 3 aromatic carbocycles. The van der Waals surface area contributed by atoms with Gasteiger partial charge in [-0.15, -0.1) is 0 Å². The Morgan fingerprint density at radius 2 is 1.43 bits per heavy atom. The molecule has 0 saturated carbocycles. The van der Waals surface area contributed by atoms with Gasteiger partial charge in [-0.2, -0.15) is 0 Å². The van der Waals surface area contributed by atoms with Crippen LogP contribution in [0.25, 0.3) is 0 Å². The highest BCUT2D eigenvalue weighted by molar-refractivity contribution is 6.09. The van der Waals surface area contributed by atoms with E-state index in [1.165, 1.54) is 11.1 Å². The van der Waals surface area contributed by atoms with Crippen LogP contribution in [-0.2, 0) is 0 Å². The Morgan fingerprint density at radius 3 is 2.13 bits per heavy atom. The van der Waals surface area contributed by atoms with Crippen LogP contribution < -0.4 is 5.32 Å². The van der Waals surface area contributed by atoms with Gasteiger partial charge in [0.15, 0.2) is 0 Å². The summed E-state index contributed by atoms with van der Waals surface area (Å²) >= 11 is 0. The summed E-state index contributed by atoms with van der Waals surface area (Å²) in [4.78, 5) is 4.89. The topological polar surface area (TPSA) is 24.4 Å². The van der Waals surface area contributed by atoms with Gasteiger partial charge in [0.05, 0.1) is 5.69 Å². The lowest BCUT2D eigenvalue weighted by Gasteiger charge is -2.12. The zero-order chi connectivity index (χ0) is 16.1. The Hall–Kier alpha value is -2.87. The fraction of sp³-hybridized carbons (Fsp3) is 0.0952. The molecule has 0 aliphatic heterocycles. The van der Waals surface area contributed by atoms with Gasteiger partial charge in [0, 0.05) is 11.3 Å². The van der Waals surface area contributed by atoms with Gasteiger partial charge in [-0.3, -0.25) is 0 Å². The number of rotatable bonds is 3. The summed E-state index contributed by atoms with van der Waals surface area (Å²) < 4.78 is 0. The SMILES string of the molecule is Cc1ccc(C)c(N=C(Nc2ccccc2)c2ccccc2)c1. The van der Waals surface area contributed by atoms with Crippen molar-refractivity contribution in [3.8, 4) is 0 Å². The van der Waals surface area contributed by atoms with Crippen LogP contribution in [0.2, 0.25) is 0 Å². The van der Waals surface area contributed by atoms with Gasteiger partial charge in [0.25, 0.3) is 0 Å². The molecule has 0 heterocycles. The van der Waals surface area contributed by atoms with E-state index in [-0.39, 0.29) is 0 Å². The fourth-order valence-corrected chi connectivity index (χ4v) is 2.38. The highest BCUT2D eigenvalue weighted by Gasteiger charge is 2.06. The number of hydrogen-bond acceptors (Lipinski definition) is 1. The molecule has 0 saturated heterocycles. The van der Waals surface area contributed by atoms with Gasteiger partial charge in [-0.05, 0) is 43.2 Å². The minimum atomic E-state index is 0.852. The summed E-state index contributed by atoms with van der Waals surface area (Å²) in [5, 5.41) is 3.44. The number of hydrogen-bond donors (Lipinski definition) is 1. The molecule has 2 nitrogen and oxygen atoms in total. The van der Waals surface area contributed by atoms with Gasteiger partial charge in [0.2, 0.25) is 0 Å². The van der Waals surface area contributed by atoms with E-state index in [1.807, 2.05) is 48.5 Å². The van der Waals surface area contributed by atoms with E-state index < -0.39 is 0 Å². The molecule has 0 aliphatic carbocycles. The molecule has 23 heavy (non-hydrogen) atoms. The third-order valence-electron chi connectivity index (χ3n) is 3.68. The van der Waals surface area contributed by atoms with Crippen LogP contribution in [-0.4, -0.2) is 5.84 Å². The molecule has 0 radical (unpaired) electrons. The van der Waals surface area contributed by atoms with Crippen LogP contribution in [0.5, 0.6) is 0 Å². The minimum absolute atomic E-state index is 0.852. The zero-order valence-corrected chi connectivity index (χ0v) is 13.5. The zero-order valence-electron chi connectivity index (χ0n) is 13.5. The van der Waals surface area contributed by atoms with Crippen LogP contribution in [0.1, 0.15) is 16.7 Å². The number of nitrogens with zero attached hydrogens (tertiary/aromatic N) is 1. The van der Waals surface area contributed by atoms with Gasteiger partial charge in [0.1, 0.15) is 5.84 Å². The van der Waals surface area contributed by atoms with Crippen molar-refractivity contribution in [2.45, 2.75) is 13.8 Å². The summed E-state index contributed by atoms with van der Waals surface area (Å²) in [6.45, 7) is 4.18. The quantitative estimate of drug-likeness (QED) is 0.501. The number of para-hydroxylation sites is 1. The largest absolute Gasteiger partial charge is 0.340 e. The van der Waals surface area contributed by atoms with Crippen molar-refractivity contribution in [3.63, 3.8) is 0 Å². The monoisotopic (exact) mass is 300 g/mol. The predicted octanol–water partition coefficient (Wildman–Crippen LogP) is 5.49. The molecule has 0 fully saturated rings. The van der Waals surface area contributed by atoms with Crippen molar-refractivity contribution in [2.24, 2.45) is 4.99 Å². The Bertz CT molecular complexity index is 806. The third kappa shape index (κ3) is 3.86. The maximum Gasteiger partial charge on any atom is 0.138 e. The highest BCUT2D eigenvalue weighted by atomic mass is 15.0. The number of anilines is 1. The van der Waals surface area contributed by atoms with Crippen LogP contribution in [0.15, 0.2) is 83.9 Å². The first-order valence-corrected chi connectivity index (χ1v) is 7.76. The van der Waals surface area contributed by atoms with Gasteiger partial charge >= 0.3 is 0 Å². The lowest BCUT2D eigenvalue weighted by atomic mass is 10.1. The Morgan fingerprint density at radius 1 is 0.783 bits per heavy atom. The minimum Gasteiger partial charge on any atom is -0.340 e. The molecule has 0 aromatic heterocycles. The van der Waals surface area contributed by atoms with E-state index in [0.29, 0.717) is 0 Å². The van der Waals surface area contributed by atoms with E-state index >= 15 is 0 Å². The molecule has 2 heteroatoms. The highest BCUT2D eigenvalue weighted by Crippen LogP contribution is 2.22. The predicted molar refractivity (Wildman–Crippen MR) is 98.6 cm³/mol. The lowest BCUT2D eigenvalue weighted by molar-refractivity contribution is 1.34. The lowest BCUT2D eigenvalue weighted by Crippen LogP contribution is -2.13. The molecule has 3 rings (SSSR count). The fourth-order valence-electron chi connectivity index (χ4n) is 2.38. The van der Waals surface area contributed by atoms with Crippen molar-refractivity contribution in [1.82, 2.24) is 0 Å². The molecule has 0 amide bonds. The second-order valence-electron chi connectivity index (χ2n) is 5.61. The molecule has 1 N–H and O–H groups in total. The van der Waals surface area contributed by atoms with Crippen molar-refractivity contribution in [3.05, 3.63) is 95.6 Å². The van der Waals surface area contributed by atoms with Gasteiger partial charge in [-0.25, -0.2) is 4.99 Å². The average Bonchev–Trinajstić information content (AvgIpc) is 2.59. The maximum atomic E-state index is 4.89. The molecule has 3 aromatic rings. The molecule has 0 aliphatic rings. The summed E-state index contributed by atoms with van der Waals surface area (Å²) in [6.07, 6.45) is 0. The molecule has 0 atom stereocenters. The number of amidine groups is 1. The number of aryl methyl sites for hydroxylation is 2. The smallest absolute Gasteiger partial charge is 0.138 e. The normalized spacial score (nSPS) is 11.3. The summed E-state index contributed by atoms with van der Waals surface area (Å²) in [6, 6.07) is 26.7. The van der Waals surface area contributed by atoms with Crippen molar-refractivity contribution in [2.75, 3.05) is 5.32 Å². The van der Waals surface area contributed by atoms with Crippen molar-refractivity contribution in [1.29, 1.82) is 0 Å². The molecular formula is C21H20N2. The molecule has 0 bridgehead atoms. The second kappa shape index (κ2) is 6.93. The van der Waals surface area contributed by atoms with Crippen molar-refractivity contribution >= 4 is 17.2 Å². The van der Waals surface area contributed by atoms with Gasteiger partial charge in [-0.1, -0.05) is 60.7 Å². The third-order valence-corrected chi connectivity index (χ3v) is 3.68. The van der Waals surface area contributed by atoms with Crippen LogP contribution in [0.4, 0.5) is 11.4 Å². The number of benzene rings is 3. The first-order valence-electron chi connectivity index (χ1n) is 7.76. The maximum absolute atomic E-state index is 4.89. The standard InChI is InChI=1S/C21H20N2/c1-16-13-14-17(2)20(15-16)23-21(18-9-5-3-6-10-18)22-19-11-7-4-8-12-19/h3-15H,1-2H3,(H,22,23). The van der Waals surface area contributed by atoms with E-state index in [4.69, 9.17) is 4.99 Å². The molecular weight excluding hydrogens is 280 g/mol. The Balaban J connectivity index is 2.04. The first-order chi connectivity index (χ1) is 11.2. The molecule has 0 spiro atoms. The van der Waals surface area contributed by atoms with Crippen LogP contribution >= 0.6 is 0 Å². The van der Waals surface area contributed by atoms with Crippen LogP contribution in [0, 0.1) is 13.8 Å². The van der Waals surface area contributed by atoms with Crippen molar-refractivity contribution < 1.29 is 0 Å². The van der Waals surface area contributed by atoms with E-state index in [9.17, 15) is 0 Å². The summed E-state index contributed by atoms with van der Waals surface area (Å²) in [7, 11) is 0. The number of aliphatic imine (C=N–C) groups is 1. The summed E-state index contributed by atoms with van der Waals surface area (Å²) in [5.41, 5.74) is 5.46. The number of nitrogens with one attached hydrogen (secondary N) is 1. The second-order valence-corrected chi connectivity index (χ2v) is 5.61. The first kappa shape index (κ1) is 15.0. The molecule has 0 unspecified atom stereocenters. The molecule has 114 valence electrons. The van der Waals surface area contributed by atoms with E-state index in [2.05, 4.69) is 49.5 Å². The van der Waals surface area contributed by atoms with E-state index in [1.54, 1.807) is 0 Å². The van der Waals surface area contributed by atoms with E-state index in [0.717, 1.165) is 22.8 Å². The van der Waals surface area contributed by atoms with Crippen LogP contribution in [0.3, 0.4) is 0 Å². The Labute approximate surface area is 137 Å².